The molecule has 0 amide bonds. The van der Waals surface area contributed by atoms with Crippen LogP contribution in [0.25, 0.3) is 0 Å². The Morgan fingerprint density at radius 2 is 2.00 bits per heavy atom. The van der Waals surface area contributed by atoms with Crippen LogP contribution in [0.3, 0.4) is 0 Å². The van der Waals surface area contributed by atoms with E-state index in [0.29, 0.717) is 6.42 Å². The first kappa shape index (κ1) is 15.1. The summed E-state index contributed by atoms with van der Waals surface area (Å²) in [5, 5.41) is 11.4. The van der Waals surface area contributed by atoms with Crippen molar-refractivity contribution in [3.8, 4) is 0 Å². The zero-order valence-electron chi connectivity index (χ0n) is 11.0. The van der Waals surface area contributed by atoms with Crippen molar-refractivity contribution in [2.75, 3.05) is 6.61 Å². The number of hydrogen-bond acceptors (Lipinski definition) is 5. The summed E-state index contributed by atoms with van der Waals surface area (Å²) < 4.78 is 26.7. The Hall–Kier alpha value is -1.28. The third-order valence-electron chi connectivity index (χ3n) is 2.71. The van der Waals surface area contributed by atoms with Gasteiger partial charge < -0.3 is 5.11 Å². The fraction of sp³-hybridized carbons (Fsp3) is 0.308. The van der Waals surface area contributed by atoms with Gasteiger partial charge in [0.15, 0.2) is 0 Å². The number of sulfonamides is 1. The molecule has 108 valence electrons. The predicted molar refractivity (Wildman–Crippen MR) is 78.1 cm³/mol. The Balaban J connectivity index is 2.05. The number of aryl methyl sites for hydroxylation is 1. The predicted octanol–water partition coefficient (Wildman–Crippen LogP) is 1.46. The fourth-order valence-corrected chi connectivity index (χ4v) is 3.48. The van der Waals surface area contributed by atoms with E-state index in [9.17, 15) is 8.42 Å². The van der Waals surface area contributed by atoms with Crippen LogP contribution >= 0.6 is 11.3 Å². The number of thiazole rings is 1. The maximum Gasteiger partial charge on any atom is 0.240 e. The summed E-state index contributed by atoms with van der Waals surface area (Å²) in [6.45, 7) is 2.11. The molecule has 0 aliphatic rings. The highest BCUT2D eigenvalue weighted by atomic mass is 32.2. The molecule has 0 aliphatic heterocycles. The second-order valence-corrected chi connectivity index (χ2v) is 7.03. The molecular weight excluding hydrogens is 296 g/mol. The summed E-state index contributed by atoms with van der Waals surface area (Å²) in [6, 6.07) is 6.50. The molecule has 1 aromatic heterocycles. The lowest BCUT2D eigenvalue weighted by Crippen LogP contribution is -2.23. The van der Waals surface area contributed by atoms with Crippen molar-refractivity contribution in [1.82, 2.24) is 9.71 Å². The summed E-state index contributed by atoms with van der Waals surface area (Å²) in [5.74, 6) is 0. The quantitative estimate of drug-likeness (QED) is 0.846. The number of nitrogens with one attached hydrogen (secondary N) is 1. The molecule has 1 heterocycles. The minimum atomic E-state index is -3.53. The van der Waals surface area contributed by atoms with Gasteiger partial charge >= 0.3 is 0 Å². The van der Waals surface area contributed by atoms with Gasteiger partial charge in [-0.2, -0.15) is 0 Å². The molecule has 0 aliphatic carbocycles. The largest absolute Gasteiger partial charge is 0.396 e. The molecule has 2 aromatic rings. The Morgan fingerprint density at radius 3 is 2.55 bits per heavy atom. The summed E-state index contributed by atoms with van der Waals surface area (Å²) in [7, 11) is -3.53. The van der Waals surface area contributed by atoms with Gasteiger partial charge in [0.05, 0.1) is 11.4 Å². The first-order valence-electron chi connectivity index (χ1n) is 6.12. The maximum atomic E-state index is 12.1. The Labute approximate surface area is 122 Å². The van der Waals surface area contributed by atoms with E-state index in [2.05, 4.69) is 9.71 Å². The van der Waals surface area contributed by atoms with E-state index in [-0.39, 0.29) is 18.0 Å². The van der Waals surface area contributed by atoms with Gasteiger partial charge in [-0.05, 0) is 31.0 Å². The second-order valence-electron chi connectivity index (χ2n) is 4.32. The van der Waals surface area contributed by atoms with E-state index in [4.69, 9.17) is 5.11 Å². The molecule has 0 fully saturated rings. The van der Waals surface area contributed by atoms with Gasteiger partial charge in [-0.3, -0.25) is 0 Å². The Morgan fingerprint density at radius 1 is 1.30 bits per heavy atom. The molecule has 2 rings (SSSR count). The number of benzene rings is 1. The van der Waals surface area contributed by atoms with Crippen molar-refractivity contribution in [1.29, 1.82) is 0 Å². The number of nitrogens with zero attached hydrogens (tertiary/aromatic N) is 1. The van der Waals surface area contributed by atoms with E-state index in [0.717, 1.165) is 16.3 Å². The molecule has 5 nitrogen and oxygen atoms in total. The van der Waals surface area contributed by atoms with Crippen LogP contribution in [0, 0.1) is 6.92 Å². The highest BCUT2D eigenvalue weighted by molar-refractivity contribution is 7.89. The van der Waals surface area contributed by atoms with Crippen LogP contribution in [0.2, 0.25) is 0 Å². The lowest BCUT2D eigenvalue weighted by atomic mass is 10.2. The van der Waals surface area contributed by atoms with Gasteiger partial charge in [-0.15, -0.1) is 11.3 Å². The molecule has 0 radical (unpaired) electrons. The summed E-state index contributed by atoms with van der Waals surface area (Å²) in [6.07, 6.45) is 0.520. The van der Waals surface area contributed by atoms with Crippen LogP contribution in [0.5, 0.6) is 0 Å². The molecule has 20 heavy (non-hydrogen) atoms. The van der Waals surface area contributed by atoms with Gasteiger partial charge in [0, 0.05) is 17.7 Å². The molecule has 2 N–H and O–H groups in total. The van der Waals surface area contributed by atoms with E-state index in [1.54, 1.807) is 24.3 Å². The summed E-state index contributed by atoms with van der Waals surface area (Å²) in [4.78, 5) is 4.42. The second kappa shape index (κ2) is 6.45. The summed E-state index contributed by atoms with van der Waals surface area (Å²) in [5.41, 5.74) is 1.79. The number of rotatable bonds is 6. The molecule has 1 aromatic carbocycles. The van der Waals surface area contributed by atoms with Crippen LogP contribution in [0.15, 0.2) is 34.5 Å². The van der Waals surface area contributed by atoms with Gasteiger partial charge in [-0.25, -0.2) is 18.1 Å². The van der Waals surface area contributed by atoms with Crippen molar-refractivity contribution in [2.24, 2.45) is 0 Å². The Kier molecular flexibility index (Phi) is 4.87. The standard InChI is InChI=1S/C13H16N2O3S2/c1-10-9-19-13(15-10)8-14-20(17,18)12-4-2-11(3-5-12)6-7-16/h2-5,9,14,16H,6-8H2,1H3. The molecule has 0 saturated heterocycles. The van der Waals surface area contributed by atoms with Crippen LogP contribution in [0.1, 0.15) is 16.3 Å². The minimum Gasteiger partial charge on any atom is -0.396 e. The Bertz CT molecular complexity index is 663. The van der Waals surface area contributed by atoms with E-state index < -0.39 is 10.0 Å². The van der Waals surface area contributed by atoms with Crippen molar-refractivity contribution >= 4 is 21.4 Å². The monoisotopic (exact) mass is 312 g/mol. The van der Waals surface area contributed by atoms with Gasteiger partial charge in [-0.1, -0.05) is 12.1 Å². The molecule has 0 bridgehead atoms. The van der Waals surface area contributed by atoms with E-state index in [1.807, 2.05) is 12.3 Å². The smallest absolute Gasteiger partial charge is 0.240 e. The number of hydrogen-bond donors (Lipinski definition) is 2. The van der Waals surface area contributed by atoms with E-state index in [1.165, 1.54) is 11.3 Å². The van der Waals surface area contributed by atoms with Crippen molar-refractivity contribution in [3.05, 3.63) is 45.9 Å². The fourth-order valence-electron chi connectivity index (χ4n) is 1.69. The van der Waals surface area contributed by atoms with Gasteiger partial charge in [0.2, 0.25) is 10.0 Å². The van der Waals surface area contributed by atoms with Crippen molar-refractivity contribution in [2.45, 2.75) is 24.8 Å². The van der Waals surface area contributed by atoms with E-state index >= 15 is 0 Å². The first-order valence-corrected chi connectivity index (χ1v) is 8.48. The van der Waals surface area contributed by atoms with Gasteiger partial charge in [0.25, 0.3) is 0 Å². The third-order valence-corrected chi connectivity index (χ3v) is 5.10. The zero-order valence-corrected chi connectivity index (χ0v) is 12.7. The van der Waals surface area contributed by atoms with Crippen molar-refractivity contribution < 1.29 is 13.5 Å². The highest BCUT2D eigenvalue weighted by Crippen LogP contribution is 2.13. The van der Waals surface area contributed by atoms with Crippen molar-refractivity contribution in [3.63, 3.8) is 0 Å². The van der Waals surface area contributed by atoms with Crippen LogP contribution < -0.4 is 4.72 Å². The lowest BCUT2D eigenvalue weighted by Gasteiger charge is -2.06. The average Bonchev–Trinajstić information content (AvgIpc) is 2.84. The molecule has 7 heteroatoms. The number of aromatic nitrogens is 1. The molecule has 0 unspecified atom stereocenters. The summed E-state index contributed by atoms with van der Waals surface area (Å²) >= 11 is 1.43. The highest BCUT2D eigenvalue weighted by Gasteiger charge is 2.14. The topological polar surface area (TPSA) is 79.3 Å². The van der Waals surface area contributed by atoms with Gasteiger partial charge in [0.1, 0.15) is 5.01 Å². The number of aliphatic hydroxyl groups excluding tert-OH is 1. The first-order chi connectivity index (χ1) is 9.51. The van der Waals surface area contributed by atoms with Crippen LogP contribution in [-0.2, 0) is 23.0 Å². The van der Waals surface area contributed by atoms with Crippen LogP contribution in [-0.4, -0.2) is 25.1 Å². The number of aliphatic hydroxyl groups is 1. The lowest BCUT2D eigenvalue weighted by molar-refractivity contribution is 0.299. The molecular formula is C13H16N2O3S2. The SMILES string of the molecule is Cc1csc(CNS(=O)(=O)c2ccc(CCO)cc2)n1. The zero-order chi connectivity index (χ0) is 14.6. The molecule has 0 atom stereocenters. The van der Waals surface area contributed by atoms with Crippen LogP contribution in [0.4, 0.5) is 0 Å². The average molecular weight is 312 g/mol. The minimum absolute atomic E-state index is 0.0494. The normalized spacial score (nSPS) is 11.7. The molecule has 0 spiro atoms. The third kappa shape index (κ3) is 3.86. The maximum absolute atomic E-state index is 12.1. The molecule has 0 saturated carbocycles.